The fraction of sp³-hybridized carbons (Fsp3) is 0.0833. The molecule has 0 bridgehead atoms. The van der Waals surface area contributed by atoms with E-state index in [1.165, 1.54) is 6.07 Å². The third kappa shape index (κ3) is 5.68. The summed E-state index contributed by atoms with van der Waals surface area (Å²) >= 11 is 5.91. The van der Waals surface area contributed by atoms with Crippen LogP contribution in [0.3, 0.4) is 0 Å². The normalized spacial score (nSPS) is 15.3. The minimum Gasteiger partial charge on any atom is -0.325 e. The first kappa shape index (κ1) is 23.2. The first-order valence-corrected chi connectivity index (χ1v) is 10.4. The molecule has 1 heterocycles. The molecule has 34 heavy (non-hydrogen) atoms. The number of carbonyl (C=O) groups excluding carboxylic acids is 1. The highest BCUT2D eigenvalue weighted by atomic mass is 35.5. The van der Waals surface area contributed by atoms with E-state index in [1.54, 1.807) is 6.08 Å². The van der Waals surface area contributed by atoms with Gasteiger partial charge >= 0.3 is 0 Å². The van der Waals surface area contributed by atoms with Crippen molar-refractivity contribution >= 4 is 29.2 Å². The monoisotopic (exact) mass is 483 g/mol. The van der Waals surface area contributed by atoms with Crippen molar-refractivity contribution in [3.05, 3.63) is 112 Å². The van der Waals surface area contributed by atoms with Crippen LogP contribution in [0.1, 0.15) is 27.5 Å². The van der Waals surface area contributed by atoms with Crippen molar-refractivity contribution in [1.29, 1.82) is 0 Å². The maximum atomic E-state index is 13.8. The van der Waals surface area contributed by atoms with E-state index in [-0.39, 0.29) is 34.1 Å². The van der Waals surface area contributed by atoms with E-state index >= 15 is 0 Å². The number of hydrogen-bond acceptors (Lipinski definition) is 4. The molecule has 3 aromatic carbocycles. The van der Waals surface area contributed by atoms with Gasteiger partial charge in [0, 0.05) is 16.3 Å². The fourth-order valence-electron chi connectivity index (χ4n) is 3.10. The van der Waals surface area contributed by atoms with Gasteiger partial charge < -0.3 is 5.32 Å². The Labute approximate surface area is 197 Å². The Balaban J connectivity index is 1.62. The topological polar surface area (TPSA) is 78.2 Å². The van der Waals surface area contributed by atoms with Crippen molar-refractivity contribution in [3.63, 3.8) is 0 Å². The second kappa shape index (κ2) is 9.88. The van der Waals surface area contributed by atoms with Crippen LogP contribution in [0.25, 0.3) is 0 Å². The number of aryl methyl sites for hydroxylation is 1. The van der Waals surface area contributed by atoms with Gasteiger partial charge in [-0.15, -0.1) is 5.11 Å². The van der Waals surface area contributed by atoms with Crippen molar-refractivity contribution in [2.45, 2.75) is 13.0 Å². The quantitative estimate of drug-likeness (QED) is 0.337. The van der Waals surface area contributed by atoms with E-state index in [2.05, 4.69) is 25.9 Å². The van der Waals surface area contributed by atoms with Crippen LogP contribution >= 0.6 is 11.6 Å². The van der Waals surface area contributed by atoms with Crippen molar-refractivity contribution in [1.82, 2.24) is 5.32 Å². The molecular weight excluding hydrogens is 467 g/mol. The smallest absolute Gasteiger partial charge is 0.258 e. The highest BCUT2D eigenvalue weighted by Crippen LogP contribution is 2.28. The number of carbonyl (C=O) groups is 1. The van der Waals surface area contributed by atoms with Gasteiger partial charge in [-0.2, -0.15) is 10.1 Å². The lowest BCUT2D eigenvalue weighted by Gasteiger charge is -2.12. The third-order valence-electron chi connectivity index (χ3n) is 4.78. The molecule has 1 unspecified atom stereocenters. The molecule has 0 fully saturated rings. The second-order valence-corrected chi connectivity index (χ2v) is 7.86. The van der Waals surface area contributed by atoms with Crippen LogP contribution in [-0.4, -0.2) is 11.9 Å². The van der Waals surface area contributed by atoms with Crippen molar-refractivity contribution in [2.24, 2.45) is 15.2 Å². The molecule has 1 amide bonds. The summed E-state index contributed by atoms with van der Waals surface area (Å²) in [4.78, 5) is 16.9. The van der Waals surface area contributed by atoms with Crippen molar-refractivity contribution < 1.29 is 18.0 Å². The molecule has 6 nitrogen and oxygen atoms in total. The molecule has 10 heteroatoms. The van der Waals surface area contributed by atoms with Gasteiger partial charge in [-0.05, 0) is 55.0 Å². The Hall–Kier alpha value is -3.98. The number of rotatable bonds is 4. The molecule has 1 aliphatic heterocycles. The molecule has 0 radical (unpaired) electrons. The average Bonchev–Trinajstić information content (AvgIpc) is 3.23. The van der Waals surface area contributed by atoms with E-state index in [0.29, 0.717) is 0 Å². The molecule has 0 aliphatic carbocycles. The summed E-state index contributed by atoms with van der Waals surface area (Å²) in [7, 11) is 0. The molecule has 172 valence electrons. The zero-order valence-electron chi connectivity index (χ0n) is 17.7. The molecular formula is C24H17ClF3N5O. The highest BCUT2D eigenvalue weighted by Gasteiger charge is 2.17. The van der Waals surface area contributed by atoms with Gasteiger partial charge in [0.1, 0.15) is 11.9 Å². The predicted octanol–water partition coefficient (Wildman–Crippen LogP) is 6.31. The van der Waals surface area contributed by atoms with E-state index in [9.17, 15) is 18.0 Å². The van der Waals surface area contributed by atoms with E-state index in [1.807, 2.05) is 31.2 Å². The third-order valence-corrected chi connectivity index (χ3v) is 4.99. The molecule has 3 aromatic rings. The molecule has 0 saturated heterocycles. The molecule has 1 aliphatic rings. The van der Waals surface area contributed by atoms with Gasteiger partial charge in [0.15, 0.2) is 17.5 Å². The fourth-order valence-corrected chi connectivity index (χ4v) is 3.32. The van der Waals surface area contributed by atoms with Crippen LogP contribution in [0.4, 0.5) is 18.9 Å². The Morgan fingerprint density at radius 2 is 1.76 bits per heavy atom. The molecule has 4 rings (SSSR count). The van der Waals surface area contributed by atoms with Gasteiger partial charge in [0.2, 0.25) is 5.96 Å². The number of nitrogens with one attached hydrogen (secondary N) is 2. The van der Waals surface area contributed by atoms with Crippen LogP contribution in [0.2, 0.25) is 5.02 Å². The van der Waals surface area contributed by atoms with Crippen LogP contribution in [0.5, 0.6) is 0 Å². The van der Waals surface area contributed by atoms with Crippen LogP contribution in [0, 0.1) is 24.4 Å². The number of halogens is 4. The SMILES string of the molecule is Cc1ccc(C2C=C(N=C(NC(=O)c3ccc(F)c(F)c3)Nc3cc(F)cc(Cl)c3)N=N2)cc1. The standard InChI is InChI=1S/C24H17ClF3N5O/c1-13-2-4-14(5-3-13)21-12-22(33-32-21)30-24(29-18-10-16(25)9-17(26)11-18)31-23(34)15-6-7-19(27)20(28)8-15/h2-12,21H,1H3,(H2,29,30,31,34). The summed E-state index contributed by atoms with van der Waals surface area (Å²) in [6.45, 7) is 1.97. The van der Waals surface area contributed by atoms with Gasteiger partial charge in [-0.1, -0.05) is 41.4 Å². The summed E-state index contributed by atoms with van der Waals surface area (Å²) in [5.74, 6) is -3.62. The summed E-state index contributed by atoms with van der Waals surface area (Å²) in [6.07, 6.45) is 1.68. The number of hydrogen-bond donors (Lipinski definition) is 2. The zero-order chi connectivity index (χ0) is 24.2. The largest absolute Gasteiger partial charge is 0.325 e. The summed E-state index contributed by atoms with van der Waals surface area (Å²) in [5, 5.41) is 13.5. The number of guanidine groups is 1. The number of aliphatic imine (C=N–C) groups is 1. The van der Waals surface area contributed by atoms with Gasteiger partial charge in [0.25, 0.3) is 5.91 Å². The number of anilines is 1. The molecule has 0 saturated carbocycles. The second-order valence-electron chi connectivity index (χ2n) is 7.42. The Bertz CT molecular complexity index is 1320. The minimum atomic E-state index is -1.18. The van der Waals surface area contributed by atoms with Crippen LogP contribution < -0.4 is 10.6 Å². The first-order valence-electron chi connectivity index (χ1n) is 10.0. The summed E-state index contributed by atoms with van der Waals surface area (Å²) < 4.78 is 40.6. The van der Waals surface area contributed by atoms with E-state index < -0.39 is 23.4 Å². The Morgan fingerprint density at radius 1 is 1.00 bits per heavy atom. The predicted molar refractivity (Wildman–Crippen MR) is 123 cm³/mol. The van der Waals surface area contributed by atoms with Gasteiger partial charge in [-0.25, -0.2) is 13.2 Å². The lowest BCUT2D eigenvalue weighted by Crippen LogP contribution is -2.36. The number of azo groups is 1. The molecule has 0 spiro atoms. The number of amides is 1. The summed E-state index contributed by atoms with van der Waals surface area (Å²) in [5.41, 5.74) is 2.04. The van der Waals surface area contributed by atoms with E-state index in [0.717, 1.165) is 41.5 Å². The lowest BCUT2D eigenvalue weighted by atomic mass is 10.1. The van der Waals surface area contributed by atoms with Gasteiger partial charge in [-0.3, -0.25) is 10.1 Å². The minimum absolute atomic E-state index is 0.119. The maximum absolute atomic E-state index is 13.8. The van der Waals surface area contributed by atoms with Crippen molar-refractivity contribution in [3.8, 4) is 0 Å². The first-order chi connectivity index (χ1) is 16.3. The van der Waals surface area contributed by atoms with Crippen molar-refractivity contribution in [2.75, 3.05) is 5.32 Å². The Morgan fingerprint density at radius 3 is 2.47 bits per heavy atom. The number of benzene rings is 3. The zero-order valence-corrected chi connectivity index (χ0v) is 18.4. The molecule has 2 N–H and O–H groups in total. The summed E-state index contributed by atoms with van der Waals surface area (Å²) in [6, 6.07) is 13.7. The van der Waals surface area contributed by atoms with Crippen LogP contribution in [0.15, 0.2) is 87.8 Å². The Kier molecular flexibility index (Phi) is 6.74. The average molecular weight is 484 g/mol. The van der Waals surface area contributed by atoms with Gasteiger partial charge in [0.05, 0.1) is 0 Å². The maximum Gasteiger partial charge on any atom is 0.258 e. The molecule has 0 aromatic heterocycles. The lowest BCUT2D eigenvalue weighted by molar-refractivity contribution is 0.0976. The number of nitrogens with zero attached hydrogens (tertiary/aromatic N) is 3. The highest BCUT2D eigenvalue weighted by molar-refractivity contribution is 6.31. The molecule has 1 atom stereocenters. The van der Waals surface area contributed by atoms with Crippen LogP contribution in [-0.2, 0) is 0 Å². The van der Waals surface area contributed by atoms with E-state index in [4.69, 9.17) is 11.6 Å².